The minimum absolute atomic E-state index is 0.0417. The van der Waals surface area contributed by atoms with Crippen molar-refractivity contribution >= 4 is 0 Å². The van der Waals surface area contributed by atoms with Crippen LogP contribution >= 0.6 is 0 Å². The molecular weight excluding hydrogens is 230 g/mol. The van der Waals surface area contributed by atoms with Gasteiger partial charge in [0, 0.05) is 0 Å². The lowest BCUT2D eigenvalue weighted by molar-refractivity contribution is 0.506. The molecule has 0 amide bonds. The van der Waals surface area contributed by atoms with Crippen molar-refractivity contribution in [2.45, 2.75) is 38.6 Å². The van der Waals surface area contributed by atoms with Gasteiger partial charge in [-0.15, -0.1) is 0 Å². The molecule has 100 valence electrons. The van der Waals surface area contributed by atoms with Crippen LogP contribution in [0.25, 0.3) is 0 Å². The average Bonchev–Trinajstić information content (AvgIpc) is 2.47. The van der Waals surface area contributed by atoms with Crippen LogP contribution in [0, 0.1) is 0 Å². The molecule has 0 radical (unpaired) electrons. The van der Waals surface area contributed by atoms with Gasteiger partial charge in [0.2, 0.25) is 0 Å². The molecule has 0 saturated heterocycles. The van der Waals surface area contributed by atoms with E-state index in [1.807, 2.05) is 18.2 Å². The zero-order chi connectivity index (χ0) is 13.9. The first-order valence-electron chi connectivity index (χ1n) is 6.95. The van der Waals surface area contributed by atoms with E-state index in [2.05, 4.69) is 57.2 Å². The molecule has 0 fully saturated rings. The molecule has 0 bridgehead atoms. The van der Waals surface area contributed by atoms with Gasteiger partial charge < -0.3 is 5.73 Å². The third-order valence-corrected chi connectivity index (χ3v) is 4.09. The fraction of sp³-hybridized carbons (Fsp3) is 0.333. The molecule has 1 unspecified atom stereocenters. The van der Waals surface area contributed by atoms with E-state index < -0.39 is 0 Å². The third-order valence-electron chi connectivity index (χ3n) is 4.09. The SMILES string of the molecule is CCC(C)(C)c1ccc(C(N)c2ccccc2)cc1. The van der Waals surface area contributed by atoms with Crippen LogP contribution in [0.1, 0.15) is 49.9 Å². The molecule has 0 saturated carbocycles. The molecule has 1 heteroatoms. The first kappa shape index (κ1) is 13.8. The van der Waals surface area contributed by atoms with E-state index in [1.165, 1.54) is 11.1 Å². The maximum atomic E-state index is 6.31. The highest BCUT2D eigenvalue weighted by atomic mass is 14.6. The highest BCUT2D eigenvalue weighted by molar-refractivity contribution is 5.35. The van der Waals surface area contributed by atoms with Gasteiger partial charge in [0.15, 0.2) is 0 Å². The normalized spacial score (nSPS) is 13.3. The number of hydrogen-bond donors (Lipinski definition) is 1. The van der Waals surface area contributed by atoms with Crippen LogP contribution in [0.5, 0.6) is 0 Å². The second kappa shape index (κ2) is 5.58. The van der Waals surface area contributed by atoms with Crippen molar-refractivity contribution in [3.63, 3.8) is 0 Å². The van der Waals surface area contributed by atoms with E-state index in [1.54, 1.807) is 0 Å². The molecule has 1 atom stereocenters. The van der Waals surface area contributed by atoms with Crippen molar-refractivity contribution in [1.82, 2.24) is 0 Å². The van der Waals surface area contributed by atoms with E-state index in [0.29, 0.717) is 0 Å². The highest BCUT2D eigenvalue weighted by Gasteiger charge is 2.18. The molecule has 1 nitrogen and oxygen atoms in total. The predicted molar refractivity (Wildman–Crippen MR) is 82.2 cm³/mol. The number of nitrogens with two attached hydrogens (primary N) is 1. The fourth-order valence-corrected chi connectivity index (χ4v) is 2.20. The van der Waals surface area contributed by atoms with Crippen molar-refractivity contribution < 1.29 is 0 Å². The van der Waals surface area contributed by atoms with Crippen LogP contribution in [0.15, 0.2) is 54.6 Å². The Morgan fingerprint density at radius 1 is 0.895 bits per heavy atom. The smallest absolute Gasteiger partial charge is 0.0551 e. The first-order valence-corrected chi connectivity index (χ1v) is 6.95. The molecule has 2 N–H and O–H groups in total. The van der Waals surface area contributed by atoms with Gasteiger partial charge in [-0.1, -0.05) is 75.4 Å². The maximum Gasteiger partial charge on any atom is 0.0551 e. The van der Waals surface area contributed by atoms with Crippen LogP contribution in [0.4, 0.5) is 0 Å². The van der Waals surface area contributed by atoms with Crippen LogP contribution in [0.3, 0.4) is 0 Å². The zero-order valence-electron chi connectivity index (χ0n) is 12.1. The third kappa shape index (κ3) is 3.05. The molecule has 2 rings (SSSR count). The Bertz CT molecular complexity index is 511. The Morgan fingerprint density at radius 3 is 1.95 bits per heavy atom. The van der Waals surface area contributed by atoms with Gasteiger partial charge in [-0.3, -0.25) is 0 Å². The lowest BCUT2D eigenvalue weighted by Crippen LogP contribution is -2.16. The lowest BCUT2D eigenvalue weighted by Gasteiger charge is -2.24. The second-order valence-corrected chi connectivity index (χ2v) is 5.75. The molecule has 0 aliphatic rings. The summed E-state index contributed by atoms with van der Waals surface area (Å²) in [4.78, 5) is 0. The summed E-state index contributed by atoms with van der Waals surface area (Å²) in [5, 5.41) is 0. The Kier molecular flexibility index (Phi) is 4.06. The van der Waals surface area contributed by atoms with Crippen LogP contribution in [0.2, 0.25) is 0 Å². The summed E-state index contributed by atoms with van der Waals surface area (Å²) >= 11 is 0. The monoisotopic (exact) mass is 253 g/mol. The van der Waals surface area contributed by atoms with Crippen LogP contribution in [-0.4, -0.2) is 0 Å². The summed E-state index contributed by atoms with van der Waals surface area (Å²) in [5.74, 6) is 0. The topological polar surface area (TPSA) is 26.0 Å². The van der Waals surface area contributed by atoms with Gasteiger partial charge in [-0.2, -0.15) is 0 Å². The Morgan fingerprint density at radius 2 is 1.42 bits per heavy atom. The first-order chi connectivity index (χ1) is 9.04. The lowest BCUT2D eigenvalue weighted by atomic mass is 9.81. The minimum Gasteiger partial charge on any atom is -0.320 e. The van der Waals surface area contributed by atoms with E-state index in [-0.39, 0.29) is 11.5 Å². The largest absolute Gasteiger partial charge is 0.320 e. The molecule has 2 aromatic rings. The molecular formula is C18H23N. The van der Waals surface area contributed by atoms with Gasteiger partial charge in [-0.05, 0) is 28.5 Å². The fourth-order valence-electron chi connectivity index (χ4n) is 2.20. The van der Waals surface area contributed by atoms with Gasteiger partial charge in [-0.25, -0.2) is 0 Å². The molecule has 0 aliphatic carbocycles. The van der Waals surface area contributed by atoms with Gasteiger partial charge in [0.25, 0.3) is 0 Å². The Hall–Kier alpha value is -1.60. The summed E-state index contributed by atoms with van der Waals surface area (Å²) in [6, 6.07) is 18.9. The summed E-state index contributed by atoms with van der Waals surface area (Å²) in [5.41, 5.74) is 10.2. The second-order valence-electron chi connectivity index (χ2n) is 5.75. The van der Waals surface area contributed by atoms with Crippen molar-refractivity contribution in [3.8, 4) is 0 Å². The summed E-state index contributed by atoms with van der Waals surface area (Å²) in [6.45, 7) is 6.78. The van der Waals surface area contributed by atoms with E-state index in [9.17, 15) is 0 Å². The van der Waals surface area contributed by atoms with Crippen LogP contribution in [-0.2, 0) is 5.41 Å². The van der Waals surface area contributed by atoms with Crippen molar-refractivity contribution in [2.24, 2.45) is 5.73 Å². The van der Waals surface area contributed by atoms with Gasteiger partial charge >= 0.3 is 0 Å². The Balaban J connectivity index is 2.24. The van der Waals surface area contributed by atoms with Gasteiger partial charge in [0.05, 0.1) is 6.04 Å². The average molecular weight is 253 g/mol. The van der Waals surface area contributed by atoms with E-state index in [4.69, 9.17) is 5.73 Å². The summed E-state index contributed by atoms with van der Waals surface area (Å²) in [7, 11) is 0. The molecule has 0 heterocycles. The summed E-state index contributed by atoms with van der Waals surface area (Å²) < 4.78 is 0. The van der Waals surface area contributed by atoms with E-state index in [0.717, 1.165) is 12.0 Å². The Labute approximate surface area is 116 Å². The predicted octanol–water partition coefficient (Wildman–Crippen LogP) is 4.42. The van der Waals surface area contributed by atoms with E-state index >= 15 is 0 Å². The quantitative estimate of drug-likeness (QED) is 0.857. The molecule has 0 spiro atoms. The minimum atomic E-state index is -0.0417. The number of rotatable bonds is 4. The zero-order valence-corrected chi connectivity index (χ0v) is 12.1. The molecule has 0 aliphatic heterocycles. The van der Waals surface area contributed by atoms with Crippen molar-refractivity contribution in [3.05, 3.63) is 71.3 Å². The highest BCUT2D eigenvalue weighted by Crippen LogP contribution is 2.28. The summed E-state index contributed by atoms with van der Waals surface area (Å²) in [6.07, 6.45) is 1.14. The van der Waals surface area contributed by atoms with Gasteiger partial charge in [0.1, 0.15) is 0 Å². The van der Waals surface area contributed by atoms with Crippen LogP contribution < -0.4 is 5.73 Å². The van der Waals surface area contributed by atoms with Crippen molar-refractivity contribution in [1.29, 1.82) is 0 Å². The molecule has 19 heavy (non-hydrogen) atoms. The maximum absolute atomic E-state index is 6.31. The molecule has 0 aromatic heterocycles. The van der Waals surface area contributed by atoms with Crippen molar-refractivity contribution in [2.75, 3.05) is 0 Å². The number of benzene rings is 2. The number of hydrogen-bond acceptors (Lipinski definition) is 1. The molecule has 2 aromatic carbocycles. The standard InChI is InChI=1S/C18H23N/c1-4-18(2,3)16-12-10-15(11-13-16)17(19)14-8-6-5-7-9-14/h5-13,17H,4,19H2,1-3H3.